The first-order valence-corrected chi connectivity index (χ1v) is 3.55. The van der Waals surface area contributed by atoms with E-state index in [0.717, 1.165) is 12.1 Å². The van der Waals surface area contributed by atoms with Crippen molar-refractivity contribution in [2.45, 2.75) is 18.7 Å². The second kappa shape index (κ2) is 2.99. The monoisotopic (exact) mass is 191 g/mol. The molecular weight excluding hydrogens is 183 g/mol. The Morgan fingerprint density at radius 2 is 1.69 bits per heavy atom. The van der Waals surface area contributed by atoms with E-state index in [1.54, 1.807) is 0 Å². The van der Waals surface area contributed by atoms with Gasteiger partial charge in [-0.15, -0.1) is 0 Å². The second-order valence-corrected chi connectivity index (χ2v) is 2.81. The Morgan fingerprint density at radius 1 is 1.23 bits per heavy atom. The van der Waals surface area contributed by atoms with Crippen molar-refractivity contribution in [1.82, 2.24) is 4.98 Å². The van der Waals surface area contributed by atoms with Crippen LogP contribution in [0.2, 0.25) is 0 Å². The largest absolute Gasteiger partial charge is 0.421 e. The smallest absolute Gasteiger partial charge is 0.376 e. The van der Waals surface area contributed by atoms with E-state index in [2.05, 4.69) is 4.98 Å². The Hall–Kier alpha value is -1.10. The van der Waals surface area contributed by atoms with E-state index in [9.17, 15) is 13.2 Å². The van der Waals surface area contributed by atoms with Gasteiger partial charge in [-0.25, -0.2) is 0 Å². The predicted octanol–water partition coefficient (Wildman–Crippen LogP) is 1.85. The molecule has 1 N–H and O–H groups in total. The molecule has 0 amide bonds. The number of aromatic nitrogens is 1. The number of halogens is 3. The Morgan fingerprint density at radius 3 is 2.08 bits per heavy atom. The molecule has 5 heteroatoms. The fraction of sp³-hybridized carbons (Fsp3) is 0.375. The van der Waals surface area contributed by atoms with Gasteiger partial charge in [0, 0.05) is 12.4 Å². The van der Waals surface area contributed by atoms with E-state index >= 15 is 0 Å². The van der Waals surface area contributed by atoms with E-state index in [-0.39, 0.29) is 5.56 Å². The van der Waals surface area contributed by atoms with Crippen molar-refractivity contribution < 1.29 is 18.3 Å². The number of hydrogen-bond acceptors (Lipinski definition) is 2. The Balaban J connectivity index is 3.08. The minimum absolute atomic E-state index is 0.213. The summed E-state index contributed by atoms with van der Waals surface area (Å²) < 4.78 is 36.7. The molecule has 1 aromatic rings. The van der Waals surface area contributed by atoms with Crippen LogP contribution < -0.4 is 0 Å². The zero-order valence-electron chi connectivity index (χ0n) is 6.84. The molecular formula is C8H8F3NO. The van der Waals surface area contributed by atoms with Crippen LogP contribution in [-0.2, 0) is 5.60 Å². The van der Waals surface area contributed by atoms with Crippen LogP contribution in [0.3, 0.4) is 0 Å². The van der Waals surface area contributed by atoms with Crippen molar-refractivity contribution in [2.75, 3.05) is 0 Å². The molecule has 0 spiro atoms. The van der Waals surface area contributed by atoms with Gasteiger partial charge in [0.15, 0.2) is 5.60 Å². The van der Waals surface area contributed by atoms with Gasteiger partial charge in [-0.1, -0.05) is 0 Å². The molecule has 0 aliphatic rings. The summed E-state index contributed by atoms with van der Waals surface area (Å²) in [6.45, 7) is 0.711. The van der Waals surface area contributed by atoms with E-state index in [0.29, 0.717) is 6.92 Å². The maximum Gasteiger partial charge on any atom is 0.421 e. The first-order valence-electron chi connectivity index (χ1n) is 3.55. The molecule has 0 aliphatic carbocycles. The summed E-state index contributed by atoms with van der Waals surface area (Å²) in [5, 5.41) is 9.17. The van der Waals surface area contributed by atoms with Crippen molar-refractivity contribution >= 4 is 0 Å². The number of rotatable bonds is 1. The molecule has 0 bridgehead atoms. The topological polar surface area (TPSA) is 33.1 Å². The third-order valence-corrected chi connectivity index (χ3v) is 1.79. The SMILES string of the molecule is C[C@](O)(c1ccncc1)C(F)(F)F. The average molecular weight is 191 g/mol. The number of pyridine rings is 1. The molecule has 0 radical (unpaired) electrons. The Labute approximate surface area is 73.0 Å². The van der Waals surface area contributed by atoms with Gasteiger partial charge in [0.2, 0.25) is 0 Å². The summed E-state index contributed by atoms with van der Waals surface area (Å²) in [6.07, 6.45) is -2.26. The van der Waals surface area contributed by atoms with Crippen LogP contribution in [0.4, 0.5) is 13.2 Å². The van der Waals surface area contributed by atoms with Crippen LogP contribution in [0.5, 0.6) is 0 Å². The Kier molecular flexibility index (Phi) is 2.30. The van der Waals surface area contributed by atoms with Crippen LogP contribution in [-0.4, -0.2) is 16.3 Å². The first-order chi connectivity index (χ1) is 5.86. The van der Waals surface area contributed by atoms with Crippen LogP contribution in [0.1, 0.15) is 12.5 Å². The number of nitrogens with zero attached hydrogens (tertiary/aromatic N) is 1. The van der Waals surface area contributed by atoms with Gasteiger partial charge in [0.25, 0.3) is 0 Å². The van der Waals surface area contributed by atoms with E-state index < -0.39 is 11.8 Å². The third kappa shape index (κ3) is 1.80. The minimum atomic E-state index is -4.67. The summed E-state index contributed by atoms with van der Waals surface area (Å²) in [4.78, 5) is 3.56. The molecule has 2 nitrogen and oxygen atoms in total. The highest BCUT2D eigenvalue weighted by Gasteiger charge is 2.50. The normalized spacial score (nSPS) is 16.7. The predicted molar refractivity (Wildman–Crippen MR) is 39.9 cm³/mol. The maximum absolute atomic E-state index is 12.2. The second-order valence-electron chi connectivity index (χ2n) is 2.81. The highest BCUT2D eigenvalue weighted by atomic mass is 19.4. The van der Waals surface area contributed by atoms with E-state index in [1.165, 1.54) is 12.4 Å². The molecule has 13 heavy (non-hydrogen) atoms. The first kappa shape index (κ1) is 9.98. The molecule has 0 fully saturated rings. The molecule has 1 heterocycles. The summed E-state index contributed by atoms with van der Waals surface area (Å²) in [5.74, 6) is 0. The summed E-state index contributed by atoms with van der Waals surface area (Å²) in [5.41, 5.74) is -3.02. The summed E-state index contributed by atoms with van der Waals surface area (Å²) >= 11 is 0. The van der Waals surface area contributed by atoms with Crippen molar-refractivity contribution in [1.29, 1.82) is 0 Å². The molecule has 0 saturated heterocycles. The van der Waals surface area contributed by atoms with Gasteiger partial charge < -0.3 is 5.11 Å². The summed E-state index contributed by atoms with van der Waals surface area (Å²) in [6, 6.07) is 2.26. The van der Waals surface area contributed by atoms with Gasteiger partial charge in [-0.3, -0.25) is 4.98 Å². The van der Waals surface area contributed by atoms with Gasteiger partial charge >= 0.3 is 6.18 Å². The Bertz CT molecular complexity index is 281. The number of alkyl halides is 3. The lowest BCUT2D eigenvalue weighted by Crippen LogP contribution is -2.39. The van der Waals surface area contributed by atoms with Crippen LogP contribution in [0.15, 0.2) is 24.5 Å². The van der Waals surface area contributed by atoms with Gasteiger partial charge in [-0.2, -0.15) is 13.2 Å². The zero-order valence-corrected chi connectivity index (χ0v) is 6.84. The summed E-state index contributed by atoms with van der Waals surface area (Å²) in [7, 11) is 0. The molecule has 1 rings (SSSR count). The van der Waals surface area contributed by atoms with Crippen molar-refractivity contribution in [3.63, 3.8) is 0 Å². The molecule has 0 aliphatic heterocycles. The molecule has 0 unspecified atom stereocenters. The number of aliphatic hydroxyl groups is 1. The molecule has 0 saturated carbocycles. The van der Waals surface area contributed by atoms with Crippen molar-refractivity contribution in [2.24, 2.45) is 0 Å². The van der Waals surface area contributed by atoms with Crippen molar-refractivity contribution in [3.8, 4) is 0 Å². The average Bonchev–Trinajstić information content (AvgIpc) is 2.04. The van der Waals surface area contributed by atoms with E-state index in [4.69, 9.17) is 5.11 Å². The van der Waals surface area contributed by atoms with Crippen LogP contribution in [0.25, 0.3) is 0 Å². The van der Waals surface area contributed by atoms with Crippen LogP contribution in [0, 0.1) is 0 Å². The van der Waals surface area contributed by atoms with Gasteiger partial charge in [0.1, 0.15) is 0 Å². The minimum Gasteiger partial charge on any atom is -0.376 e. The van der Waals surface area contributed by atoms with Gasteiger partial charge in [-0.05, 0) is 24.6 Å². The fourth-order valence-corrected chi connectivity index (χ4v) is 0.840. The highest BCUT2D eigenvalue weighted by Crippen LogP contribution is 2.37. The quantitative estimate of drug-likeness (QED) is 0.734. The fourth-order valence-electron chi connectivity index (χ4n) is 0.840. The maximum atomic E-state index is 12.2. The van der Waals surface area contributed by atoms with Crippen LogP contribution >= 0.6 is 0 Å². The molecule has 0 aromatic carbocycles. The standard InChI is InChI=1S/C8H8F3NO/c1-7(13,8(9,10)11)6-2-4-12-5-3-6/h2-5,13H,1H3/t7-/m0/s1. The molecule has 1 aromatic heterocycles. The molecule has 72 valence electrons. The zero-order chi connectivity index (χ0) is 10.1. The lowest BCUT2D eigenvalue weighted by Gasteiger charge is -2.26. The third-order valence-electron chi connectivity index (χ3n) is 1.79. The lowest BCUT2D eigenvalue weighted by atomic mass is 9.97. The van der Waals surface area contributed by atoms with Crippen molar-refractivity contribution in [3.05, 3.63) is 30.1 Å². The number of hydrogen-bond donors (Lipinski definition) is 1. The lowest BCUT2D eigenvalue weighted by molar-refractivity contribution is -0.258. The highest BCUT2D eigenvalue weighted by molar-refractivity contribution is 5.19. The van der Waals surface area contributed by atoms with E-state index in [1.807, 2.05) is 0 Å². The molecule has 1 atom stereocenters. The van der Waals surface area contributed by atoms with Gasteiger partial charge in [0.05, 0.1) is 0 Å².